The van der Waals surface area contributed by atoms with Gasteiger partial charge in [-0.05, 0) is 74.1 Å². The molecule has 0 amide bonds. The number of aryl methyl sites for hydroxylation is 2. The minimum atomic E-state index is 0.225. The summed E-state index contributed by atoms with van der Waals surface area (Å²) in [6, 6.07) is 4.13. The summed E-state index contributed by atoms with van der Waals surface area (Å²) >= 11 is 3.54. The zero-order chi connectivity index (χ0) is 15.8. The van der Waals surface area contributed by atoms with Crippen molar-refractivity contribution < 1.29 is 4.79 Å². The molecule has 2 heteroatoms. The largest absolute Gasteiger partial charge is 0.294 e. The second-order valence-electron chi connectivity index (χ2n) is 7.70. The highest BCUT2D eigenvalue weighted by atomic mass is 79.9. The maximum absolute atomic E-state index is 12.8. The van der Waals surface area contributed by atoms with Crippen molar-refractivity contribution in [2.24, 2.45) is 17.3 Å². The van der Waals surface area contributed by atoms with E-state index in [1.54, 1.807) is 0 Å². The summed E-state index contributed by atoms with van der Waals surface area (Å²) < 4.78 is 1.09. The Bertz CT molecular complexity index is 531. The normalized spacial score (nSPS) is 23.1. The van der Waals surface area contributed by atoms with Crippen molar-refractivity contribution in [1.29, 1.82) is 0 Å². The van der Waals surface area contributed by atoms with Gasteiger partial charge in [-0.15, -0.1) is 0 Å². The zero-order valence-electron chi connectivity index (χ0n) is 13.9. The smallest absolute Gasteiger partial charge is 0.166 e. The van der Waals surface area contributed by atoms with E-state index < -0.39 is 0 Å². The fourth-order valence-corrected chi connectivity index (χ4v) is 3.95. The molecule has 1 aliphatic carbocycles. The molecule has 1 aromatic carbocycles. The van der Waals surface area contributed by atoms with Crippen molar-refractivity contribution in [2.75, 3.05) is 0 Å². The predicted molar refractivity (Wildman–Crippen MR) is 92.8 cm³/mol. The van der Waals surface area contributed by atoms with E-state index in [1.165, 1.54) is 12.8 Å². The minimum absolute atomic E-state index is 0.225. The maximum Gasteiger partial charge on any atom is 0.166 e. The molecule has 1 nitrogen and oxygen atoms in total. The minimum Gasteiger partial charge on any atom is -0.294 e. The number of benzene rings is 1. The first kappa shape index (κ1) is 16.7. The van der Waals surface area contributed by atoms with Crippen LogP contribution in [-0.4, -0.2) is 5.78 Å². The summed E-state index contributed by atoms with van der Waals surface area (Å²) in [6.45, 7) is 11.1. The van der Waals surface area contributed by atoms with Gasteiger partial charge in [0.15, 0.2) is 5.78 Å². The average molecular weight is 351 g/mol. The molecule has 2 rings (SSSR count). The molecule has 0 unspecified atom stereocenters. The fraction of sp³-hybridized carbons (Fsp3) is 0.632. The van der Waals surface area contributed by atoms with E-state index in [1.807, 2.05) is 6.92 Å². The van der Waals surface area contributed by atoms with Crippen LogP contribution in [0.15, 0.2) is 16.6 Å². The van der Waals surface area contributed by atoms with Crippen molar-refractivity contribution >= 4 is 21.7 Å². The van der Waals surface area contributed by atoms with Crippen molar-refractivity contribution in [3.8, 4) is 0 Å². The van der Waals surface area contributed by atoms with Gasteiger partial charge in [0.2, 0.25) is 0 Å². The Balaban J connectivity index is 2.11. The van der Waals surface area contributed by atoms with Crippen molar-refractivity contribution in [3.05, 3.63) is 33.3 Å². The van der Waals surface area contributed by atoms with Gasteiger partial charge in [0.05, 0.1) is 0 Å². The number of ketones is 1. The van der Waals surface area contributed by atoms with Crippen LogP contribution in [0.2, 0.25) is 0 Å². The highest BCUT2D eigenvalue weighted by molar-refractivity contribution is 9.10. The quantitative estimate of drug-likeness (QED) is 0.588. The van der Waals surface area contributed by atoms with Gasteiger partial charge >= 0.3 is 0 Å². The molecule has 1 fully saturated rings. The number of carbonyl (C=O) groups excluding carboxylic acids is 1. The van der Waals surface area contributed by atoms with Crippen LogP contribution in [0.3, 0.4) is 0 Å². The summed E-state index contributed by atoms with van der Waals surface area (Å²) in [4.78, 5) is 12.8. The average Bonchev–Trinajstić information content (AvgIpc) is 2.41. The summed E-state index contributed by atoms with van der Waals surface area (Å²) in [5, 5.41) is 0. The number of carbonyl (C=O) groups is 1. The molecular weight excluding hydrogens is 324 g/mol. The molecule has 0 radical (unpaired) electrons. The van der Waals surface area contributed by atoms with E-state index in [0.717, 1.165) is 39.9 Å². The third-order valence-electron chi connectivity index (χ3n) is 5.09. The second-order valence-corrected chi connectivity index (χ2v) is 8.55. The third-order valence-corrected chi connectivity index (χ3v) is 5.95. The molecule has 21 heavy (non-hydrogen) atoms. The standard InChI is InChI=1S/C19H27BrO/c1-12-11-17(20)13(2)10-16(12)18(21)14-6-8-15(9-7-14)19(3,4)5/h10-11,14-15H,6-9H2,1-5H3. The summed E-state index contributed by atoms with van der Waals surface area (Å²) in [5.41, 5.74) is 3.54. The van der Waals surface area contributed by atoms with E-state index >= 15 is 0 Å². The molecule has 0 N–H and O–H groups in total. The first-order valence-corrected chi connectivity index (χ1v) is 8.80. The number of hydrogen-bond donors (Lipinski definition) is 0. The molecule has 0 aromatic heterocycles. The van der Waals surface area contributed by atoms with Gasteiger partial charge in [-0.25, -0.2) is 0 Å². The van der Waals surface area contributed by atoms with Crippen LogP contribution in [0.4, 0.5) is 0 Å². The van der Waals surface area contributed by atoms with Gasteiger partial charge in [0.25, 0.3) is 0 Å². The van der Waals surface area contributed by atoms with E-state index in [2.05, 4.69) is 55.8 Å². The van der Waals surface area contributed by atoms with Crippen molar-refractivity contribution in [1.82, 2.24) is 0 Å². The number of halogens is 1. The number of Topliss-reactive ketones (excluding diaryl/α,β-unsaturated/α-hetero) is 1. The third kappa shape index (κ3) is 3.77. The van der Waals surface area contributed by atoms with E-state index in [0.29, 0.717) is 11.2 Å². The van der Waals surface area contributed by atoms with E-state index in [4.69, 9.17) is 0 Å². The molecule has 0 spiro atoms. The lowest BCUT2D eigenvalue weighted by Crippen LogP contribution is -2.29. The summed E-state index contributed by atoms with van der Waals surface area (Å²) in [5.74, 6) is 1.34. The Morgan fingerprint density at radius 3 is 2.14 bits per heavy atom. The Hall–Kier alpha value is -0.630. The zero-order valence-corrected chi connectivity index (χ0v) is 15.5. The van der Waals surface area contributed by atoms with Crippen LogP contribution in [0, 0.1) is 31.1 Å². The summed E-state index contributed by atoms with van der Waals surface area (Å²) in [7, 11) is 0. The van der Waals surface area contributed by atoms with Crippen LogP contribution < -0.4 is 0 Å². The van der Waals surface area contributed by atoms with E-state index in [9.17, 15) is 4.79 Å². The molecule has 0 saturated heterocycles. The Labute approximate surface area is 137 Å². The molecule has 1 aromatic rings. The lowest BCUT2D eigenvalue weighted by molar-refractivity contribution is 0.0819. The van der Waals surface area contributed by atoms with Gasteiger partial charge < -0.3 is 0 Å². The second kappa shape index (κ2) is 6.24. The van der Waals surface area contributed by atoms with Gasteiger partial charge in [-0.1, -0.05) is 36.7 Å². The first-order valence-electron chi connectivity index (χ1n) is 8.01. The van der Waals surface area contributed by atoms with Gasteiger partial charge in [-0.2, -0.15) is 0 Å². The lowest BCUT2D eigenvalue weighted by Gasteiger charge is -2.36. The Morgan fingerprint density at radius 2 is 1.62 bits per heavy atom. The number of rotatable bonds is 2. The van der Waals surface area contributed by atoms with Gasteiger partial charge in [-0.3, -0.25) is 4.79 Å². The summed E-state index contributed by atoms with van der Waals surface area (Å²) in [6.07, 6.45) is 4.48. The SMILES string of the molecule is Cc1cc(C(=O)C2CCC(C(C)(C)C)CC2)c(C)cc1Br. The van der Waals surface area contributed by atoms with Gasteiger partial charge in [0.1, 0.15) is 0 Å². The highest BCUT2D eigenvalue weighted by Gasteiger charge is 2.33. The molecule has 1 aliphatic rings. The molecular formula is C19H27BrO. The highest BCUT2D eigenvalue weighted by Crippen LogP contribution is 2.41. The molecule has 0 aliphatic heterocycles. The molecule has 0 heterocycles. The molecule has 116 valence electrons. The van der Waals surface area contributed by atoms with Crippen LogP contribution in [0.25, 0.3) is 0 Å². The molecule has 0 bridgehead atoms. The molecule has 0 atom stereocenters. The predicted octanol–water partition coefficient (Wildman–Crippen LogP) is 6.10. The monoisotopic (exact) mass is 350 g/mol. The number of hydrogen-bond acceptors (Lipinski definition) is 1. The first-order chi connectivity index (χ1) is 9.70. The topological polar surface area (TPSA) is 17.1 Å². The molecule has 1 saturated carbocycles. The Morgan fingerprint density at radius 1 is 1.05 bits per heavy atom. The fourth-order valence-electron chi connectivity index (χ4n) is 3.49. The van der Waals surface area contributed by atoms with Crippen molar-refractivity contribution in [2.45, 2.75) is 60.3 Å². The maximum atomic E-state index is 12.8. The van der Waals surface area contributed by atoms with Crippen LogP contribution >= 0.6 is 15.9 Å². The lowest BCUT2D eigenvalue weighted by atomic mass is 9.68. The van der Waals surface area contributed by atoms with Gasteiger partial charge in [0, 0.05) is 16.0 Å². The van der Waals surface area contributed by atoms with Crippen LogP contribution in [0.1, 0.15) is 67.9 Å². The van der Waals surface area contributed by atoms with E-state index in [-0.39, 0.29) is 5.92 Å². The Kier molecular flexibility index (Phi) is 4.97. The van der Waals surface area contributed by atoms with Crippen LogP contribution in [0.5, 0.6) is 0 Å². The van der Waals surface area contributed by atoms with Crippen LogP contribution in [-0.2, 0) is 0 Å². The van der Waals surface area contributed by atoms with Crippen molar-refractivity contribution in [3.63, 3.8) is 0 Å².